The zero-order valence-corrected chi connectivity index (χ0v) is 51.0. The number of carboxylic acid groups (broad SMARTS) is 1. The lowest BCUT2D eigenvalue weighted by Crippen LogP contribution is -2.24. The van der Waals surface area contributed by atoms with Crippen molar-refractivity contribution in [3.05, 3.63) is 69.8 Å². The number of rotatable bonds is 48. The summed E-state index contributed by atoms with van der Waals surface area (Å²) in [7, 11) is 0. The van der Waals surface area contributed by atoms with Crippen LogP contribution in [0.3, 0.4) is 0 Å². The predicted molar refractivity (Wildman–Crippen MR) is 316 cm³/mol. The van der Waals surface area contributed by atoms with E-state index in [4.69, 9.17) is 33.5 Å². The Labute approximate surface area is 485 Å². The maximum atomic E-state index is 14.6. The number of halogens is 3. The minimum Gasteiger partial charge on any atom is -0.476 e. The van der Waals surface area contributed by atoms with E-state index in [9.17, 15) is 32.3 Å². The van der Waals surface area contributed by atoms with Crippen molar-refractivity contribution in [1.29, 1.82) is 0 Å². The minimum atomic E-state index is -1.23. The van der Waals surface area contributed by atoms with Crippen LogP contribution in [-0.4, -0.2) is 90.1 Å². The van der Waals surface area contributed by atoms with Gasteiger partial charge in [-0.2, -0.15) is 0 Å². The van der Waals surface area contributed by atoms with Crippen molar-refractivity contribution in [3.63, 3.8) is 0 Å². The van der Waals surface area contributed by atoms with Crippen LogP contribution >= 0.6 is 0 Å². The van der Waals surface area contributed by atoms with Gasteiger partial charge in [-0.3, -0.25) is 0 Å². The molecule has 0 bridgehead atoms. The Morgan fingerprint density at radius 3 is 1.07 bits per heavy atom. The number of aromatic carboxylic acids is 1. The van der Waals surface area contributed by atoms with E-state index in [1.165, 1.54) is 180 Å². The molecule has 0 spiro atoms. The van der Waals surface area contributed by atoms with Gasteiger partial charge in [0.15, 0.2) is 34.5 Å². The van der Waals surface area contributed by atoms with Gasteiger partial charge in [0.2, 0.25) is 6.29 Å². The largest absolute Gasteiger partial charge is 0.511 e. The highest BCUT2D eigenvalue weighted by molar-refractivity contribution is 5.88. The lowest BCUT2D eigenvalue weighted by atomic mass is 10.0. The van der Waals surface area contributed by atoms with Gasteiger partial charge in [-0.15, -0.1) is 0 Å². The highest BCUT2D eigenvalue weighted by Gasteiger charge is 2.23. The highest BCUT2D eigenvalue weighted by atomic mass is 19.1. The molecule has 3 aromatic heterocycles. The number of unbranched alkanes of at least 4 members (excludes halogenated alkanes) is 29. The Morgan fingerprint density at radius 2 is 0.728 bits per heavy atom. The Hall–Kier alpha value is -4.77. The first-order chi connectivity index (χ1) is 39.4. The molecule has 0 radical (unpaired) electrons. The zero-order chi connectivity index (χ0) is 59.6. The SMILES string of the molecule is CCCCCCCCCCCCCc1c[nH]c(C(=O)O)c1F.CCCCCCCCCCCCCc1c[nH]c(C(=O)OCC)c1F.CCCCCCCCCCCCc1c[nH]c(C(=O)OC(C)OC(=O)OCCOCCOCC)c1F. The molecule has 466 valence electrons. The molecule has 3 rings (SSSR count). The van der Waals surface area contributed by atoms with E-state index in [0.29, 0.717) is 55.8 Å². The Balaban J connectivity index is 0.000000630. The lowest BCUT2D eigenvalue weighted by Gasteiger charge is -2.13. The molecule has 0 aliphatic heterocycles. The van der Waals surface area contributed by atoms with Crippen molar-refractivity contribution in [2.24, 2.45) is 0 Å². The molecule has 3 heterocycles. The molecule has 0 aliphatic carbocycles. The molecule has 17 heteroatoms. The molecule has 0 saturated heterocycles. The number of aromatic amines is 3. The molecule has 0 fully saturated rings. The van der Waals surface area contributed by atoms with Crippen LogP contribution in [0.5, 0.6) is 0 Å². The number of H-pyrrole nitrogens is 3. The molecule has 14 nitrogen and oxygen atoms in total. The minimum absolute atomic E-state index is 0.0147. The monoisotopic (exact) mass is 1150 g/mol. The van der Waals surface area contributed by atoms with Crippen molar-refractivity contribution < 1.29 is 65.9 Å². The molecule has 1 atom stereocenters. The average molecular weight is 1150 g/mol. The van der Waals surface area contributed by atoms with Gasteiger partial charge in [-0.25, -0.2) is 32.3 Å². The van der Waals surface area contributed by atoms with Crippen molar-refractivity contribution in [2.75, 3.05) is 39.6 Å². The summed E-state index contributed by atoms with van der Waals surface area (Å²) in [6.07, 6.45) is 44.1. The highest BCUT2D eigenvalue weighted by Crippen LogP contribution is 2.21. The molecule has 0 aliphatic rings. The van der Waals surface area contributed by atoms with Gasteiger partial charge in [0.05, 0.1) is 26.4 Å². The summed E-state index contributed by atoms with van der Waals surface area (Å²) in [5.41, 5.74) is 0.891. The van der Waals surface area contributed by atoms with Crippen molar-refractivity contribution in [1.82, 2.24) is 15.0 Å². The van der Waals surface area contributed by atoms with Gasteiger partial charge in [-0.1, -0.05) is 207 Å². The first-order valence-corrected chi connectivity index (χ1v) is 31.5. The van der Waals surface area contributed by atoms with Gasteiger partial charge >= 0.3 is 24.1 Å². The summed E-state index contributed by atoms with van der Waals surface area (Å²) in [6.45, 7) is 13.5. The zero-order valence-electron chi connectivity index (χ0n) is 51.0. The number of carbonyl (C=O) groups is 4. The fourth-order valence-electron chi connectivity index (χ4n) is 9.26. The second-order valence-corrected chi connectivity index (χ2v) is 21.0. The summed E-state index contributed by atoms with van der Waals surface area (Å²) in [6, 6.07) is 0. The number of carboxylic acids is 1. The van der Waals surface area contributed by atoms with Gasteiger partial charge in [0.25, 0.3) is 0 Å². The van der Waals surface area contributed by atoms with Gasteiger partial charge in [0.1, 0.15) is 6.61 Å². The number of nitrogens with one attached hydrogen (secondary N) is 3. The van der Waals surface area contributed by atoms with Gasteiger partial charge < -0.3 is 48.5 Å². The Morgan fingerprint density at radius 1 is 0.407 bits per heavy atom. The second-order valence-electron chi connectivity index (χ2n) is 21.0. The normalized spacial score (nSPS) is 11.4. The predicted octanol–water partition coefficient (Wildman–Crippen LogP) is 18.2. The van der Waals surface area contributed by atoms with Crippen LogP contribution in [0.15, 0.2) is 18.6 Å². The first kappa shape index (κ1) is 74.2. The third kappa shape index (κ3) is 37.1. The van der Waals surface area contributed by atoms with E-state index in [2.05, 4.69) is 35.7 Å². The van der Waals surface area contributed by atoms with E-state index in [1.807, 2.05) is 6.92 Å². The molecule has 4 N–H and O–H groups in total. The number of carbonyl (C=O) groups excluding carboxylic acids is 3. The van der Waals surface area contributed by atoms with Crippen LogP contribution in [0.1, 0.15) is 295 Å². The number of aromatic nitrogens is 3. The number of esters is 2. The molecule has 81 heavy (non-hydrogen) atoms. The molecular formula is C64H108F3N3O11. The van der Waals surface area contributed by atoms with Gasteiger partial charge in [-0.05, 0) is 52.4 Å². The third-order valence-electron chi connectivity index (χ3n) is 14.0. The summed E-state index contributed by atoms with van der Waals surface area (Å²) in [5.74, 6) is -4.44. The molecule has 0 saturated carbocycles. The van der Waals surface area contributed by atoms with Crippen LogP contribution in [0.25, 0.3) is 0 Å². The summed E-state index contributed by atoms with van der Waals surface area (Å²) in [4.78, 5) is 54.0. The van der Waals surface area contributed by atoms with Crippen LogP contribution in [0.2, 0.25) is 0 Å². The second kappa shape index (κ2) is 50.9. The van der Waals surface area contributed by atoms with Gasteiger partial charge in [0, 0.05) is 48.8 Å². The van der Waals surface area contributed by atoms with Crippen LogP contribution < -0.4 is 0 Å². The Kier molecular flexibility index (Phi) is 46.7. The van der Waals surface area contributed by atoms with Crippen molar-refractivity contribution in [2.45, 2.75) is 273 Å². The van der Waals surface area contributed by atoms with Crippen LogP contribution in [-0.2, 0) is 47.7 Å². The average Bonchev–Trinajstić information content (AvgIpc) is 4.19. The standard InChI is InChI=1S/C26H44FNO7.C20H34FNO2.C18H30FNO2/c1-4-6-7-8-9-10-11-12-13-14-15-22-20-28-24(23(22)27)25(29)34-21(3)35-26(30)33-19-18-32-17-16-31-5-2;1-3-5-6-7-8-9-10-11-12-13-14-15-17-16-22-19(18(17)21)20(23)24-4-2;1-2-3-4-5-6-7-8-9-10-11-12-13-15-14-20-17(16(15)19)18(21)22/h20-21,28H,4-19H2,1-3H3;16,22H,3-15H2,1-2H3;14,20H,2-13H2,1H3,(H,21,22). The maximum absolute atomic E-state index is 14.6. The van der Waals surface area contributed by atoms with E-state index in [0.717, 1.165) is 44.9 Å². The van der Waals surface area contributed by atoms with E-state index in [1.54, 1.807) is 13.1 Å². The molecule has 1 unspecified atom stereocenters. The van der Waals surface area contributed by atoms with Crippen molar-refractivity contribution >= 4 is 24.1 Å². The summed E-state index contributed by atoms with van der Waals surface area (Å²) in [5, 5.41) is 8.77. The number of aryl methyl sites for hydroxylation is 3. The fourth-order valence-corrected chi connectivity index (χ4v) is 9.26. The van der Waals surface area contributed by atoms with E-state index in [-0.39, 0.29) is 36.9 Å². The van der Waals surface area contributed by atoms with E-state index < -0.39 is 47.8 Å². The fraction of sp³-hybridized carbons (Fsp3) is 0.750. The Bertz CT molecular complexity index is 2020. The molecule has 0 aromatic carbocycles. The molecule has 3 aromatic rings. The van der Waals surface area contributed by atoms with Crippen molar-refractivity contribution in [3.8, 4) is 0 Å². The quantitative estimate of drug-likeness (QED) is 0.0182. The third-order valence-corrected chi connectivity index (χ3v) is 14.0. The van der Waals surface area contributed by atoms with Crippen LogP contribution in [0, 0.1) is 17.5 Å². The topological polar surface area (TPSA) is 191 Å². The number of ether oxygens (including phenoxy) is 6. The lowest BCUT2D eigenvalue weighted by molar-refractivity contribution is -0.0855. The smallest absolute Gasteiger partial charge is 0.476 e. The summed E-state index contributed by atoms with van der Waals surface area (Å²) < 4.78 is 72.2. The number of hydrogen-bond donors (Lipinski definition) is 4. The van der Waals surface area contributed by atoms with E-state index >= 15 is 0 Å². The van der Waals surface area contributed by atoms with Crippen LogP contribution in [0.4, 0.5) is 18.0 Å². The molecule has 0 amide bonds. The summed E-state index contributed by atoms with van der Waals surface area (Å²) >= 11 is 0. The maximum Gasteiger partial charge on any atom is 0.511 e. The molecular weight excluding hydrogens is 1040 g/mol. The number of hydrogen-bond acceptors (Lipinski definition) is 10. The first-order valence-electron chi connectivity index (χ1n) is 31.5.